The van der Waals surface area contributed by atoms with Gasteiger partial charge in [0.25, 0.3) is 0 Å². The molecule has 2 fully saturated rings. The highest BCUT2D eigenvalue weighted by Crippen LogP contribution is 2.64. The summed E-state index contributed by atoms with van der Waals surface area (Å²) in [6.07, 6.45) is 7.41. The Morgan fingerprint density at radius 3 is 2.17 bits per heavy atom. The van der Waals surface area contributed by atoms with Gasteiger partial charge in [-0.15, -0.1) is 0 Å². The number of rotatable bonds is 1. The third-order valence-electron chi connectivity index (χ3n) is 4.14. The molecule has 1 spiro atoms. The minimum absolute atomic E-state index is 0.644. The summed E-state index contributed by atoms with van der Waals surface area (Å²) < 4.78 is 0. The van der Waals surface area contributed by atoms with E-state index in [1.807, 2.05) is 0 Å². The van der Waals surface area contributed by atoms with Crippen LogP contribution in [0.15, 0.2) is 0 Å². The summed E-state index contributed by atoms with van der Waals surface area (Å²) in [6.45, 7) is 4.84. The highest BCUT2D eigenvalue weighted by Gasteiger charge is 2.54. The first-order valence-corrected chi connectivity index (χ1v) is 6.26. The predicted molar refractivity (Wildman–Crippen MR) is 56.6 cm³/mol. The van der Waals surface area contributed by atoms with Crippen LogP contribution in [0.25, 0.3) is 0 Å². The molecule has 0 aromatic carbocycles. The summed E-state index contributed by atoms with van der Waals surface area (Å²) in [4.78, 5) is 0. The van der Waals surface area contributed by atoms with Crippen LogP contribution < -0.4 is 0 Å². The van der Waals surface area contributed by atoms with Gasteiger partial charge in [-0.2, -0.15) is 0 Å². The molecule has 2 rings (SSSR count). The van der Waals surface area contributed by atoms with Crippen LogP contribution in [-0.4, -0.2) is 5.33 Å². The Hall–Kier alpha value is 0.480. The molecule has 0 heterocycles. The first-order valence-electron chi connectivity index (χ1n) is 5.14. The molecule has 2 aliphatic rings. The van der Waals surface area contributed by atoms with Crippen LogP contribution in [-0.2, 0) is 0 Å². The highest BCUT2D eigenvalue weighted by atomic mass is 79.9. The van der Waals surface area contributed by atoms with Crippen molar-refractivity contribution < 1.29 is 0 Å². The molecule has 1 atom stereocenters. The van der Waals surface area contributed by atoms with Crippen LogP contribution in [0.5, 0.6) is 0 Å². The Labute approximate surface area is 84.2 Å². The molecule has 0 nitrogen and oxygen atoms in total. The maximum absolute atomic E-state index is 3.62. The molecule has 0 radical (unpaired) electrons. The Morgan fingerprint density at radius 1 is 1.17 bits per heavy atom. The van der Waals surface area contributed by atoms with Crippen LogP contribution in [0.3, 0.4) is 0 Å². The highest BCUT2D eigenvalue weighted by molar-refractivity contribution is 9.09. The first-order chi connectivity index (χ1) is 5.58. The summed E-state index contributed by atoms with van der Waals surface area (Å²) in [5.74, 6) is 1.02. The molecule has 2 saturated carbocycles. The summed E-state index contributed by atoms with van der Waals surface area (Å²) in [5.41, 5.74) is 1.45. The van der Waals surface area contributed by atoms with Gasteiger partial charge in [0.2, 0.25) is 0 Å². The van der Waals surface area contributed by atoms with Crippen molar-refractivity contribution in [2.45, 2.75) is 46.0 Å². The lowest BCUT2D eigenvalue weighted by Crippen LogP contribution is -2.23. The summed E-state index contributed by atoms with van der Waals surface area (Å²) in [5, 5.41) is 1.24. The fraction of sp³-hybridized carbons (Fsp3) is 1.00. The fourth-order valence-electron chi connectivity index (χ4n) is 2.69. The van der Waals surface area contributed by atoms with E-state index in [0.717, 1.165) is 11.3 Å². The second kappa shape index (κ2) is 2.73. The molecular weight excluding hydrogens is 212 g/mol. The SMILES string of the molecule is CC1(C)CCC2(CC1)CC2CBr. The van der Waals surface area contributed by atoms with Crippen molar-refractivity contribution in [3.05, 3.63) is 0 Å². The van der Waals surface area contributed by atoms with Crippen LogP contribution in [0.2, 0.25) is 0 Å². The zero-order valence-electron chi connectivity index (χ0n) is 8.20. The van der Waals surface area contributed by atoms with Crippen LogP contribution >= 0.6 is 15.9 Å². The average Bonchev–Trinajstić information content (AvgIpc) is 2.72. The molecular formula is C11H19Br. The van der Waals surface area contributed by atoms with E-state index in [1.165, 1.54) is 37.4 Å². The number of halogens is 1. The second-order valence-corrected chi connectivity index (χ2v) is 6.23. The van der Waals surface area contributed by atoms with Crippen molar-refractivity contribution in [3.63, 3.8) is 0 Å². The number of hydrogen-bond donors (Lipinski definition) is 0. The summed E-state index contributed by atoms with van der Waals surface area (Å²) in [6, 6.07) is 0. The van der Waals surface area contributed by atoms with E-state index in [9.17, 15) is 0 Å². The van der Waals surface area contributed by atoms with E-state index >= 15 is 0 Å². The standard InChI is InChI=1S/C11H19Br/c1-10(2)3-5-11(6-4-10)7-9(11)8-12/h9H,3-8H2,1-2H3. The third kappa shape index (κ3) is 1.45. The van der Waals surface area contributed by atoms with E-state index < -0.39 is 0 Å². The Kier molecular flexibility index (Phi) is 2.06. The topological polar surface area (TPSA) is 0 Å². The molecule has 2 aliphatic carbocycles. The van der Waals surface area contributed by atoms with Crippen LogP contribution in [0, 0.1) is 16.7 Å². The van der Waals surface area contributed by atoms with Crippen molar-refractivity contribution in [1.29, 1.82) is 0 Å². The fourth-order valence-corrected chi connectivity index (χ4v) is 3.60. The largest absolute Gasteiger partial charge is 0.0925 e. The van der Waals surface area contributed by atoms with Crippen molar-refractivity contribution in [3.8, 4) is 0 Å². The van der Waals surface area contributed by atoms with E-state index in [2.05, 4.69) is 29.8 Å². The zero-order valence-corrected chi connectivity index (χ0v) is 9.78. The van der Waals surface area contributed by atoms with Gasteiger partial charge in [0.05, 0.1) is 0 Å². The maximum atomic E-state index is 3.62. The minimum Gasteiger partial charge on any atom is -0.0925 e. The van der Waals surface area contributed by atoms with Gasteiger partial charge in [0.1, 0.15) is 0 Å². The second-order valence-electron chi connectivity index (χ2n) is 5.58. The van der Waals surface area contributed by atoms with Crippen molar-refractivity contribution in [2.24, 2.45) is 16.7 Å². The lowest BCUT2D eigenvalue weighted by Gasteiger charge is -2.35. The van der Waals surface area contributed by atoms with Crippen molar-refractivity contribution in [2.75, 3.05) is 5.33 Å². The Balaban J connectivity index is 1.92. The van der Waals surface area contributed by atoms with Gasteiger partial charge in [-0.1, -0.05) is 29.8 Å². The van der Waals surface area contributed by atoms with Gasteiger partial charge in [0.15, 0.2) is 0 Å². The molecule has 70 valence electrons. The van der Waals surface area contributed by atoms with Crippen molar-refractivity contribution >= 4 is 15.9 Å². The maximum Gasteiger partial charge on any atom is 0.00651 e. The molecule has 0 N–H and O–H groups in total. The van der Waals surface area contributed by atoms with E-state index in [0.29, 0.717) is 5.41 Å². The zero-order chi connectivity index (χ0) is 8.82. The molecule has 0 amide bonds. The number of alkyl halides is 1. The predicted octanol–water partition coefficient (Wildman–Crippen LogP) is 3.99. The van der Waals surface area contributed by atoms with E-state index in [-0.39, 0.29) is 0 Å². The Morgan fingerprint density at radius 2 is 1.75 bits per heavy atom. The molecule has 0 bridgehead atoms. The van der Waals surface area contributed by atoms with Gasteiger partial charge >= 0.3 is 0 Å². The van der Waals surface area contributed by atoms with Gasteiger partial charge < -0.3 is 0 Å². The molecule has 0 aromatic heterocycles. The van der Waals surface area contributed by atoms with Crippen molar-refractivity contribution in [1.82, 2.24) is 0 Å². The third-order valence-corrected chi connectivity index (χ3v) is 4.93. The normalized spacial score (nSPS) is 36.8. The average molecular weight is 231 g/mol. The van der Waals surface area contributed by atoms with Gasteiger partial charge in [-0.3, -0.25) is 0 Å². The quantitative estimate of drug-likeness (QED) is 0.598. The molecule has 1 unspecified atom stereocenters. The monoisotopic (exact) mass is 230 g/mol. The number of hydrogen-bond acceptors (Lipinski definition) is 0. The molecule has 0 aromatic rings. The lowest BCUT2D eigenvalue weighted by atomic mass is 9.71. The Bertz CT molecular complexity index is 173. The summed E-state index contributed by atoms with van der Waals surface area (Å²) >= 11 is 3.62. The smallest absolute Gasteiger partial charge is 0.00651 e. The van der Waals surface area contributed by atoms with E-state index in [1.54, 1.807) is 0 Å². The first kappa shape index (κ1) is 9.05. The molecule has 0 saturated heterocycles. The summed E-state index contributed by atoms with van der Waals surface area (Å²) in [7, 11) is 0. The molecule has 12 heavy (non-hydrogen) atoms. The lowest BCUT2D eigenvalue weighted by molar-refractivity contribution is 0.169. The molecule has 1 heteroatoms. The van der Waals surface area contributed by atoms with Gasteiger partial charge in [-0.25, -0.2) is 0 Å². The van der Waals surface area contributed by atoms with Crippen LogP contribution in [0.1, 0.15) is 46.0 Å². The van der Waals surface area contributed by atoms with Gasteiger partial charge in [0, 0.05) is 5.33 Å². The van der Waals surface area contributed by atoms with Gasteiger partial charge in [-0.05, 0) is 48.9 Å². The van der Waals surface area contributed by atoms with Crippen LogP contribution in [0.4, 0.5) is 0 Å². The molecule has 0 aliphatic heterocycles. The minimum atomic E-state index is 0.644. The van der Waals surface area contributed by atoms with E-state index in [4.69, 9.17) is 0 Å².